The summed E-state index contributed by atoms with van der Waals surface area (Å²) in [7, 11) is 0. The molecule has 1 aliphatic heterocycles. The Morgan fingerprint density at radius 3 is 2.87 bits per heavy atom. The lowest BCUT2D eigenvalue weighted by Crippen LogP contribution is -2.38. The Labute approximate surface area is 86.6 Å². The Morgan fingerprint density at radius 1 is 1.67 bits per heavy atom. The molecule has 7 heteroatoms. The number of aliphatic hydroxyl groups excluding tert-OH is 1. The highest BCUT2D eigenvalue weighted by molar-refractivity contribution is 5.58. The van der Waals surface area contributed by atoms with Crippen LogP contribution < -0.4 is 0 Å². The van der Waals surface area contributed by atoms with E-state index in [4.69, 9.17) is 15.0 Å². The maximum atomic E-state index is 10.7. The molecule has 1 heterocycles. The third kappa shape index (κ3) is 2.90. The number of nitrogens with zero attached hydrogens (tertiary/aromatic N) is 3. The van der Waals surface area contributed by atoms with Crippen LogP contribution in [0.25, 0.3) is 10.4 Å². The van der Waals surface area contributed by atoms with E-state index in [1.54, 1.807) is 13.8 Å². The molecule has 0 aromatic rings. The van der Waals surface area contributed by atoms with E-state index in [-0.39, 0.29) is 6.54 Å². The van der Waals surface area contributed by atoms with Crippen LogP contribution in [0.3, 0.4) is 0 Å². The SMILES string of the molecule is CC1(C)O[C@H]([C@@H](O)CN=[N+]=[N-])[C@@H](C=O)O1. The summed E-state index contributed by atoms with van der Waals surface area (Å²) in [6, 6.07) is 0. The van der Waals surface area contributed by atoms with Crippen LogP contribution in [0.1, 0.15) is 13.8 Å². The lowest BCUT2D eigenvalue weighted by molar-refractivity contribution is -0.156. The number of azide groups is 1. The van der Waals surface area contributed by atoms with E-state index in [0.29, 0.717) is 6.29 Å². The molecular weight excluding hydrogens is 202 g/mol. The van der Waals surface area contributed by atoms with Gasteiger partial charge in [0.1, 0.15) is 12.2 Å². The van der Waals surface area contributed by atoms with Crippen molar-refractivity contribution in [3.63, 3.8) is 0 Å². The summed E-state index contributed by atoms with van der Waals surface area (Å²) < 4.78 is 10.6. The van der Waals surface area contributed by atoms with Gasteiger partial charge in [0.05, 0.1) is 12.6 Å². The summed E-state index contributed by atoms with van der Waals surface area (Å²) in [6.07, 6.45) is -2.09. The molecule has 0 amide bonds. The molecule has 0 radical (unpaired) electrons. The van der Waals surface area contributed by atoms with Gasteiger partial charge in [-0.15, -0.1) is 0 Å². The Kier molecular flexibility index (Phi) is 3.65. The second-order valence-corrected chi connectivity index (χ2v) is 3.68. The van der Waals surface area contributed by atoms with Gasteiger partial charge in [0, 0.05) is 4.91 Å². The number of hydrogen-bond acceptors (Lipinski definition) is 5. The predicted molar refractivity (Wildman–Crippen MR) is 49.9 cm³/mol. The Morgan fingerprint density at radius 2 is 2.33 bits per heavy atom. The number of carbonyl (C=O) groups is 1. The molecule has 0 aromatic heterocycles. The van der Waals surface area contributed by atoms with Crippen LogP contribution in [0.2, 0.25) is 0 Å². The summed E-state index contributed by atoms with van der Waals surface area (Å²) in [6.45, 7) is 3.14. The van der Waals surface area contributed by atoms with Gasteiger partial charge < -0.3 is 19.4 Å². The van der Waals surface area contributed by atoms with Crippen molar-refractivity contribution in [3.05, 3.63) is 10.4 Å². The monoisotopic (exact) mass is 215 g/mol. The van der Waals surface area contributed by atoms with Crippen LogP contribution >= 0.6 is 0 Å². The summed E-state index contributed by atoms with van der Waals surface area (Å²) >= 11 is 0. The van der Waals surface area contributed by atoms with Gasteiger partial charge >= 0.3 is 0 Å². The molecule has 1 fully saturated rings. The lowest BCUT2D eigenvalue weighted by atomic mass is 10.1. The van der Waals surface area contributed by atoms with E-state index in [0.717, 1.165) is 0 Å². The van der Waals surface area contributed by atoms with E-state index in [1.165, 1.54) is 0 Å². The smallest absolute Gasteiger partial charge is 0.164 e. The third-order valence-corrected chi connectivity index (χ3v) is 2.01. The van der Waals surface area contributed by atoms with Gasteiger partial charge in [0.25, 0.3) is 0 Å². The number of aldehydes is 1. The molecule has 1 N–H and O–H groups in total. The zero-order valence-electron chi connectivity index (χ0n) is 8.53. The zero-order valence-corrected chi connectivity index (χ0v) is 8.53. The van der Waals surface area contributed by atoms with Crippen LogP contribution in [-0.4, -0.2) is 42.0 Å². The van der Waals surface area contributed by atoms with Crippen molar-refractivity contribution < 1.29 is 19.4 Å². The molecular formula is C8H13N3O4. The minimum atomic E-state index is -1.04. The fourth-order valence-corrected chi connectivity index (χ4v) is 1.44. The van der Waals surface area contributed by atoms with Crippen molar-refractivity contribution in [1.29, 1.82) is 0 Å². The van der Waals surface area contributed by atoms with Gasteiger partial charge in [-0.1, -0.05) is 5.11 Å². The van der Waals surface area contributed by atoms with Gasteiger partial charge in [-0.25, -0.2) is 0 Å². The van der Waals surface area contributed by atoms with Crippen LogP contribution in [0.5, 0.6) is 0 Å². The van der Waals surface area contributed by atoms with Gasteiger partial charge in [0.15, 0.2) is 12.1 Å². The first-order valence-corrected chi connectivity index (χ1v) is 4.50. The zero-order chi connectivity index (χ0) is 11.5. The molecule has 15 heavy (non-hydrogen) atoms. The predicted octanol–water partition coefficient (Wildman–Crippen LogP) is 0.377. The standard InChI is InChI=1S/C8H13N3O4/c1-8(2)14-6(4-12)7(15-8)5(13)3-10-11-9/h4-7,13H,3H2,1-2H3/t5-,6+,7+/m0/s1. The Hall–Kier alpha value is -1.14. The minimum absolute atomic E-state index is 0.148. The average molecular weight is 215 g/mol. The number of carbonyl (C=O) groups excluding carboxylic acids is 1. The second-order valence-electron chi connectivity index (χ2n) is 3.68. The van der Waals surface area contributed by atoms with E-state index in [9.17, 15) is 9.90 Å². The average Bonchev–Trinajstić information content (AvgIpc) is 2.50. The van der Waals surface area contributed by atoms with Crippen molar-refractivity contribution in [1.82, 2.24) is 0 Å². The lowest BCUT2D eigenvalue weighted by Gasteiger charge is -2.19. The fraction of sp³-hybridized carbons (Fsp3) is 0.875. The van der Waals surface area contributed by atoms with Crippen LogP contribution in [-0.2, 0) is 14.3 Å². The van der Waals surface area contributed by atoms with Crippen molar-refractivity contribution in [2.24, 2.45) is 5.11 Å². The molecule has 0 bridgehead atoms. The van der Waals surface area contributed by atoms with Crippen molar-refractivity contribution in [3.8, 4) is 0 Å². The van der Waals surface area contributed by atoms with E-state index < -0.39 is 24.1 Å². The number of ether oxygens (including phenoxy) is 2. The Bertz CT molecular complexity index is 288. The van der Waals surface area contributed by atoms with Gasteiger partial charge in [0.2, 0.25) is 0 Å². The highest BCUT2D eigenvalue weighted by Gasteiger charge is 2.44. The summed E-state index contributed by atoms with van der Waals surface area (Å²) in [4.78, 5) is 13.2. The molecule has 1 rings (SSSR count). The molecule has 0 saturated carbocycles. The number of hydrogen-bond donors (Lipinski definition) is 1. The molecule has 0 unspecified atom stereocenters. The molecule has 0 spiro atoms. The largest absolute Gasteiger partial charge is 0.390 e. The maximum absolute atomic E-state index is 10.7. The van der Waals surface area contributed by atoms with Gasteiger partial charge in [-0.05, 0) is 19.4 Å². The number of rotatable bonds is 4. The molecule has 3 atom stereocenters. The first-order chi connectivity index (χ1) is 7.00. The molecule has 0 aromatic carbocycles. The molecule has 1 aliphatic rings. The van der Waals surface area contributed by atoms with E-state index >= 15 is 0 Å². The van der Waals surface area contributed by atoms with E-state index in [2.05, 4.69) is 10.0 Å². The number of aliphatic hydroxyl groups is 1. The van der Waals surface area contributed by atoms with Gasteiger partial charge in [-0.2, -0.15) is 0 Å². The highest BCUT2D eigenvalue weighted by Crippen LogP contribution is 2.29. The van der Waals surface area contributed by atoms with E-state index in [1.807, 2.05) is 0 Å². The first-order valence-electron chi connectivity index (χ1n) is 4.50. The normalized spacial score (nSPS) is 30.6. The molecule has 7 nitrogen and oxygen atoms in total. The second kappa shape index (κ2) is 4.59. The highest BCUT2D eigenvalue weighted by atomic mass is 16.8. The van der Waals surface area contributed by atoms with Crippen LogP contribution in [0, 0.1) is 0 Å². The first kappa shape index (κ1) is 11.9. The Balaban J connectivity index is 2.67. The molecule has 1 saturated heterocycles. The molecule has 0 aliphatic carbocycles. The summed E-state index contributed by atoms with van der Waals surface area (Å²) in [5, 5.41) is 12.8. The topological polar surface area (TPSA) is 105 Å². The van der Waals surface area contributed by atoms with Gasteiger partial charge in [-0.3, -0.25) is 0 Å². The third-order valence-electron chi connectivity index (χ3n) is 2.01. The van der Waals surface area contributed by atoms with Crippen molar-refractivity contribution >= 4 is 6.29 Å². The van der Waals surface area contributed by atoms with Crippen LogP contribution in [0.4, 0.5) is 0 Å². The fourth-order valence-electron chi connectivity index (χ4n) is 1.44. The summed E-state index contributed by atoms with van der Waals surface area (Å²) in [5.41, 5.74) is 8.09. The van der Waals surface area contributed by atoms with Crippen LogP contribution in [0.15, 0.2) is 5.11 Å². The van der Waals surface area contributed by atoms with Crippen molar-refractivity contribution in [2.75, 3.05) is 6.54 Å². The minimum Gasteiger partial charge on any atom is -0.390 e. The quantitative estimate of drug-likeness (QED) is 0.316. The summed E-state index contributed by atoms with van der Waals surface area (Å²) in [5.74, 6) is -0.909. The molecule has 84 valence electrons. The maximum Gasteiger partial charge on any atom is 0.164 e. The van der Waals surface area contributed by atoms with Crippen molar-refractivity contribution in [2.45, 2.75) is 37.9 Å².